The van der Waals surface area contributed by atoms with Crippen molar-refractivity contribution >= 4 is 18.0 Å². The Kier molecular flexibility index (Phi) is 8.91. The molecule has 0 aromatic heterocycles. The fraction of sp³-hybridized carbons (Fsp3) is 0.250. The number of aldehydes is 1. The Balaban J connectivity index is 0.00000127. The number of hydrogen-bond acceptors (Lipinski definition) is 3. The van der Waals surface area contributed by atoms with Crippen molar-refractivity contribution in [2.24, 2.45) is 0 Å². The molecule has 0 radical (unpaired) electrons. The maximum absolute atomic E-state index is 10.5. The number of carbonyl (C=O) groups excluding carboxylic acids is 1. The van der Waals surface area contributed by atoms with E-state index in [1.807, 2.05) is 69.3 Å². The van der Waals surface area contributed by atoms with Gasteiger partial charge in [0.25, 0.3) is 0 Å². The minimum atomic E-state index is 0.0622. The third-order valence-corrected chi connectivity index (χ3v) is 3.03. The first-order chi connectivity index (χ1) is 11.3. The van der Waals surface area contributed by atoms with Crippen LogP contribution in [-0.4, -0.2) is 12.9 Å². The van der Waals surface area contributed by atoms with Gasteiger partial charge in [0.2, 0.25) is 0 Å². The molecule has 0 aliphatic carbocycles. The minimum absolute atomic E-state index is 0.0622. The maximum atomic E-state index is 10.5. The summed E-state index contributed by atoms with van der Waals surface area (Å²) in [7, 11) is 0. The SMILES string of the molecule is C/C=C/c1c(NCc2ccccc2)cccc1OCC=O.CC. The van der Waals surface area contributed by atoms with Crippen molar-refractivity contribution in [3.8, 4) is 5.75 Å². The van der Waals surface area contributed by atoms with Crippen LogP contribution >= 0.6 is 0 Å². The first-order valence-corrected chi connectivity index (χ1v) is 7.95. The lowest BCUT2D eigenvalue weighted by molar-refractivity contribution is -0.109. The van der Waals surface area contributed by atoms with Gasteiger partial charge in [-0.1, -0.05) is 62.4 Å². The van der Waals surface area contributed by atoms with E-state index in [9.17, 15) is 4.79 Å². The molecule has 3 nitrogen and oxygen atoms in total. The second kappa shape index (κ2) is 11.1. The minimum Gasteiger partial charge on any atom is -0.485 e. The van der Waals surface area contributed by atoms with Crippen LogP contribution in [0.3, 0.4) is 0 Å². The van der Waals surface area contributed by atoms with E-state index in [1.54, 1.807) is 0 Å². The molecule has 23 heavy (non-hydrogen) atoms. The molecule has 0 saturated carbocycles. The van der Waals surface area contributed by atoms with Crippen molar-refractivity contribution in [2.75, 3.05) is 11.9 Å². The molecule has 0 aliphatic heterocycles. The summed E-state index contributed by atoms with van der Waals surface area (Å²) in [4.78, 5) is 10.5. The summed E-state index contributed by atoms with van der Waals surface area (Å²) >= 11 is 0. The van der Waals surface area contributed by atoms with Gasteiger partial charge >= 0.3 is 0 Å². The average molecular weight is 311 g/mol. The summed E-state index contributed by atoms with van der Waals surface area (Å²) in [6.07, 6.45) is 4.69. The molecule has 0 heterocycles. The van der Waals surface area contributed by atoms with E-state index in [2.05, 4.69) is 17.4 Å². The molecule has 0 saturated heterocycles. The average Bonchev–Trinajstić information content (AvgIpc) is 2.62. The number of hydrogen-bond donors (Lipinski definition) is 1. The number of carbonyl (C=O) groups is 1. The number of anilines is 1. The lowest BCUT2D eigenvalue weighted by Crippen LogP contribution is -2.04. The highest BCUT2D eigenvalue weighted by molar-refractivity contribution is 5.72. The molecule has 0 spiro atoms. The van der Waals surface area contributed by atoms with Crippen LogP contribution in [0.1, 0.15) is 31.9 Å². The maximum Gasteiger partial charge on any atom is 0.157 e. The molecule has 1 N–H and O–H groups in total. The zero-order valence-corrected chi connectivity index (χ0v) is 14.1. The summed E-state index contributed by atoms with van der Waals surface area (Å²) in [5.74, 6) is 0.707. The van der Waals surface area contributed by atoms with Gasteiger partial charge in [0.1, 0.15) is 12.4 Å². The van der Waals surface area contributed by atoms with Crippen molar-refractivity contribution in [1.82, 2.24) is 0 Å². The summed E-state index contributed by atoms with van der Waals surface area (Å²) in [6.45, 7) is 6.76. The Morgan fingerprint density at radius 3 is 2.43 bits per heavy atom. The molecule has 122 valence electrons. The summed E-state index contributed by atoms with van der Waals surface area (Å²) < 4.78 is 5.47. The Morgan fingerprint density at radius 1 is 1.04 bits per heavy atom. The largest absolute Gasteiger partial charge is 0.485 e. The quantitative estimate of drug-likeness (QED) is 0.736. The van der Waals surface area contributed by atoms with Gasteiger partial charge in [-0.3, -0.25) is 4.79 Å². The van der Waals surface area contributed by atoms with E-state index in [0.29, 0.717) is 5.75 Å². The molecule has 2 rings (SSSR count). The van der Waals surface area contributed by atoms with Gasteiger partial charge in [0, 0.05) is 17.8 Å². The van der Waals surface area contributed by atoms with Gasteiger partial charge in [-0.05, 0) is 24.6 Å². The van der Waals surface area contributed by atoms with Crippen LogP contribution in [0.4, 0.5) is 5.69 Å². The standard InChI is InChI=1S/C18H19NO2.C2H6/c1-2-7-16-17(10-6-11-18(16)21-13-12-20)19-14-15-8-4-3-5-9-15;1-2/h2-12,19H,13-14H2,1H3;1-2H3/b7-2+;. The number of benzene rings is 2. The third kappa shape index (κ3) is 5.99. The van der Waals surface area contributed by atoms with Gasteiger partial charge in [0.05, 0.1) is 0 Å². The molecule has 0 aliphatic rings. The Morgan fingerprint density at radius 2 is 1.78 bits per heavy atom. The highest BCUT2D eigenvalue weighted by Gasteiger charge is 2.06. The first kappa shape index (κ1) is 18.5. The van der Waals surface area contributed by atoms with Crippen molar-refractivity contribution < 1.29 is 9.53 Å². The van der Waals surface area contributed by atoms with E-state index < -0.39 is 0 Å². The molecule has 0 fully saturated rings. The van der Waals surface area contributed by atoms with E-state index in [0.717, 1.165) is 24.1 Å². The van der Waals surface area contributed by atoms with Gasteiger partial charge < -0.3 is 10.1 Å². The lowest BCUT2D eigenvalue weighted by Gasteiger charge is -2.14. The van der Waals surface area contributed by atoms with Gasteiger partial charge in [-0.15, -0.1) is 0 Å². The normalized spacial score (nSPS) is 9.87. The Bertz CT molecular complexity index is 606. The first-order valence-electron chi connectivity index (χ1n) is 7.95. The van der Waals surface area contributed by atoms with Crippen LogP contribution in [0.25, 0.3) is 6.08 Å². The summed E-state index contributed by atoms with van der Waals surface area (Å²) in [6, 6.07) is 16.0. The Hall–Kier alpha value is -2.55. The van der Waals surface area contributed by atoms with E-state index in [4.69, 9.17) is 4.74 Å². The molecular formula is C20H25NO2. The van der Waals surface area contributed by atoms with E-state index in [-0.39, 0.29) is 6.61 Å². The van der Waals surface area contributed by atoms with Crippen molar-refractivity contribution in [2.45, 2.75) is 27.3 Å². The monoisotopic (exact) mass is 311 g/mol. The summed E-state index contributed by atoms with van der Waals surface area (Å²) in [5.41, 5.74) is 3.15. The second-order valence-electron chi connectivity index (χ2n) is 4.53. The van der Waals surface area contributed by atoms with Crippen LogP contribution in [0.2, 0.25) is 0 Å². The van der Waals surface area contributed by atoms with Crippen LogP contribution in [0.5, 0.6) is 5.75 Å². The van der Waals surface area contributed by atoms with Gasteiger partial charge in [0.15, 0.2) is 6.29 Å². The zero-order valence-electron chi connectivity index (χ0n) is 14.1. The molecule has 0 amide bonds. The van der Waals surface area contributed by atoms with Crippen molar-refractivity contribution in [3.63, 3.8) is 0 Å². The molecule has 0 bridgehead atoms. The molecule has 2 aromatic rings. The highest BCUT2D eigenvalue weighted by atomic mass is 16.5. The smallest absolute Gasteiger partial charge is 0.157 e. The van der Waals surface area contributed by atoms with Gasteiger partial charge in [-0.25, -0.2) is 0 Å². The number of rotatable bonds is 7. The van der Waals surface area contributed by atoms with Crippen molar-refractivity contribution in [3.05, 3.63) is 65.7 Å². The highest BCUT2D eigenvalue weighted by Crippen LogP contribution is 2.28. The van der Waals surface area contributed by atoms with Crippen LogP contribution in [0, 0.1) is 0 Å². The number of allylic oxidation sites excluding steroid dienone is 1. The van der Waals surface area contributed by atoms with Crippen LogP contribution in [0.15, 0.2) is 54.6 Å². The molecule has 0 unspecified atom stereocenters. The molecule has 3 heteroatoms. The fourth-order valence-corrected chi connectivity index (χ4v) is 2.08. The van der Waals surface area contributed by atoms with E-state index >= 15 is 0 Å². The summed E-state index contributed by atoms with van der Waals surface area (Å²) in [5, 5.41) is 3.41. The zero-order chi connectivity index (χ0) is 16.9. The molecule has 2 aromatic carbocycles. The Labute approximate surface area is 139 Å². The van der Waals surface area contributed by atoms with Crippen LogP contribution < -0.4 is 10.1 Å². The van der Waals surface area contributed by atoms with Crippen LogP contribution in [-0.2, 0) is 11.3 Å². The van der Waals surface area contributed by atoms with Crippen molar-refractivity contribution in [1.29, 1.82) is 0 Å². The topological polar surface area (TPSA) is 38.3 Å². The molecular weight excluding hydrogens is 286 g/mol. The van der Waals surface area contributed by atoms with Gasteiger partial charge in [-0.2, -0.15) is 0 Å². The third-order valence-electron chi connectivity index (χ3n) is 3.03. The number of ether oxygens (including phenoxy) is 1. The number of nitrogens with one attached hydrogen (secondary N) is 1. The lowest BCUT2D eigenvalue weighted by atomic mass is 10.1. The fourth-order valence-electron chi connectivity index (χ4n) is 2.08. The second-order valence-corrected chi connectivity index (χ2v) is 4.53. The predicted octanol–water partition coefficient (Wildman–Crippen LogP) is 4.94. The molecule has 0 atom stereocenters. The van der Waals surface area contributed by atoms with E-state index in [1.165, 1.54) is 5.56 Å². The predicted molar refractivity (Wildman–Crippen MR) is 97.8 cm³/mol.